The van der Waals surface area contributed by atoms with Gasteiger partial charge in [0.2, 0.25) is 0 Å². The Morgan fingerprint density at radius 1 is 1.21 bits per heavy atom. The Morgan fingerprint density at radius 3 is 2.76 bits per heavy atom. The van der Waals surface area contributed by atoms with Crippen molar-refractivity contribution in [2.75, 3.05) is 0 Å². The van der Waals surface area contributed by atoms with Gasteiger partial charge in [-0.25, -0.2) is 9.59 Å². The summed E-state index contributed by atoms with van der Waals surface area (Å²) in [5, 5.41) is 11.4. The van der Waals surface area contributed by atoms with Crippen LogP contribution in [0, 0.1) is 10.1 Å². The summed E-state index contributed by atoms with van der Waals surface area (Å²) in [4.78, 5) is 35.1. The van der Waals surface area contributed by atoms with Gasteiger partial charge in [0.1, 0.15) is 5.58 Å². The van der Waals surface area contributed by atoms with Gasteiger partial charge in [0.25, 0.3) is 5.69 Å². The van der Waals surface area contributed by atoms with Crippen LogP contribution in [0.4, 0.5) is 5.69 Å². The van der Waals surface area contributed by atoms with E-state index in [0.29, 0.717) is 28.5 Å². The molecular weight excluding hydrogens is 374 g/mol. The monoisotopic (exact) mass is 393 g/mol. The molecule has 3 rings (SSSR count). The van der Waals surface area contributed by atoms with Crippen molar-refractivity contribution in [3.05, 3.63) is 86.3 Å². The summed E-state index contributed by atoms with van der Waals surface area (Å²) in [6.07, 6.45) is 4.64. The Labute approximate surface area is 166 Å². The molecule has 0 saturated carbocycles. The molecule has 0 atom stereocenters. The molecule has 0 aliphatic carbocycles. The highest BCUT2D eigenvalue weighted by Crippen LogP contribution is 2.29. The summed E-state index contributed by atoms with van der Waals surface area (Å²) in [6.45, 7) is 2.00. The smallest absolute Gasteiger partial charge is 0.343 e. The normalized spacial score (nSPS) is 11.1. The molecule has 0 bridgehead atoms. The Balaban J connectivity index is 1.92. The minimum absolute atomic E-state index is 0.0750. The van der Waals surface area contributed by atoms with Gasteiger partial charge < -0.3 is 9.15 Å². The molecule has 7 nitrogen and oxygen atoms in total. The molecule has 0 radical (unpaired) electrons. The number of fused-ring (bicyclic) bond motifs is 1. The van der Waals surface area contributed by atoms with Crippen LogP contribution in [0.25, 0.3) is 17.0 Å². The van der Waals surface area contributed by atoms with Crippen molar-refractivity contribution >= 4 is 28.7 Å². The Bertz CT molecular complexity index is 1150. The lowest BCUT2D eigenvalue weighted by Crippen LogP contribution is -2.14. The summed E-state index contributed by atoms with van der Waals surface area (Å²) in [5.41, 5.74) is 0.544. The Hall–Kier alpha value is -3.74. The number of nitro groups is 1. The first-order valence-corrected chi connectivity index (χ1v) is 9.18. The van der Waals surface area contributed by atoms with Gasteiger partial charge in [-0.15, -0.1) is 0 Å². The third kappa shape index (κ3) is 4.76. The average molecular weight is 393 g/mol. The van der Waals surface area contributed by atoms with Crippen LogP contribution in [0.5, 0.6) is 5.75 Å². The van der Waals surface area contributed by atoms with Crippen molar-refractivity contribution in [3.8, 4) is 5.75 Å². The minimum atomic E-state index is -0.690. The van der Waals surface area contributed by atoms with Crippen molar-refractivity contribution in [3.63, 3.8) is 0 Å². The second kappa shape index (κ2) is 8.97. The molecule has 0 N–H and O–H groups in total. The number of nitro benzene ring substituents is 1. The molecule has 0 saturated heterocycles. The predicted octanol–water partition coefficient (Wildman–Crippen LogP) is 4.66. The van der Waals surface area contributed by atoms with Gasteiger partial charge in [-0.3, -0.25) is 10.1 Å². The van der Waals surface area contributed by atoms with Crippen LogP contribution >= 0.6 is 0 Å². The van der Waals surface area contributed by atoms with E-state index in [0.717, 1.165) is 12.8 Å². The maximum atomic E-state index is 12.4. The molecule has 0 unspecified atom stereocenters. The number of hydrogen-bond donors (Lipinski definition) is 0. The van der Waals surface area contributed by atoms with E-state index in [9.17, 15) is 19.7 Å². The highest BCUT2D eigenvalue weighted by molar-refractivity contribution is 5.93. The maximum absolute atomic E-state index is 12.4. The fourth-order valence-electron chi connectivity index (χ4n) is 2.89. The second-order valence-electron chi connectivity index (χ2n) is 6.40. The van der Waals surface area contributed by atoms with Crippen LogP contribution in [-0.2, 0) is 11.2 Å². The lowest BCUT2D eigenvalue weighted by molar-refractivity contribution is -0.384. The van der Waals surface area contributed by atoms with E-state index in [1.807, 2.05) is 6.92 Å². The van der Waals surface area contributed by atoms with Gasteiger partial charge in [0.15, 0.2) is 5.75 Å². The number of rotatable bonds is 7. The molecule has 0 aliphatic rings. The van der Waals surface area contributed by atoms with Gasteiger partial charge in [-0.05, 0) is 36.6 Å². The van der Waals surface area contributed by atoms with Crippen molar-refractivity contribution in [2.24, 2.45) is 0 Å². The summed E-state index contributed by atoms with van der Waals surface area (Å²) in [5.74, 6) is -0.496. The molecule has 0 amide bonds. The summed E-state index contributed by atoms with van der Waals surface area (Å²) < 4.78 is 10.9. The fourth-order valence-corrected chi connectivity index (χ4v) is 2.89. The number of carbonyl (C=O) groups excluding carboxylic acids is 1. The number of para-hydroxylation sites is 1. The van der Waals surface area contributed by atoms with Gasteiger partial charge in [0, 0.05) is 18.2 Å². The lowest BCUT2D eigenvalue weighted by atomic mass is 10.1. The zero-order valence-electron chi connectivity index (χ0n) is 15.8. The Morgan fingerprint density at radius 2 is 2.00 bits per heavy atom. The van der Waals surface area contributed by atoms with E-state index < -0.39 is 16.5 Å². The van der Waals surface area contributed by atoms with E-state index in [1.165, 1.54) is 30.4 Å². The topological polar surface area (TPSA) is 99.7 Å². The van der Waals surface area contributed by atoms with Gasteiger partial charge in [0.05, 0.1) is 15.9 Å². The molecule has 2 aromatic carbocycles. The van der Waals surface area contributed by atoms with Crippen molar-refractivity contribution in [1.82, 2.24) is 0 Å². The molecular formula is C22H19NO6. The quantitative estimate of drug-likeness (QED) is 0.190. The molecule has 0 spiro atoms. The predicted molar refractivity (Wildman–Crippen MR) is 109 cm³/mol. The van der Waals surface area contributed by atoms with Crippen molar-refractivity contribution in [1.29, 1.82) is 0 Å². The number of hydrogen-bond acceptors (Lipinski definition) is 6. The highest BCUT2D eigenvalue weighted by atomic mass is 16.6. The zero-order valence-corrected chi connectivity index (χ0v) is 15.8. The van der Waals surface area contributed by atoms with Crippen molar-refractivity contribution < 1.29 is 18.9 Å². The van der Waals surface area contributed by atoms with E-state index in [4.69, 9.17) is 9.15 Å². The number of benzene rings is 2. The van der Waals surface area contributed by atoms with Crippen molar-refractivity contribution in [2.45, 2.75) is 26.2 Å². The van der Waals surface area contributed by atoms with Crippen LogP contribution in [0.1, 0.15) is 30.9 Å². The van der Waals surface area contributed by atoms with E-state index in [-0.39, 0.29) is 11.4 Å². The number of esters is 1. The van der Waals surface area contributed by atoms with Gasteiger partial charge in [-0.2, -0.15) is 0 Å². The molecule has 1 heterocycles. The number of non-ortho nitro benzene ring substituents is 1. The van der Waals surface area contributed by atoms with Crippen LogP contribution in [0.2, 0.25) is 0 Å². The summed E-state index contributed by atoms with van der Waals surface area (Å²) in [7, 11) is 0. The molecule has 7 heteroatoms. The van der Waals surface area contributed by atoms with E-state index in [1.54, 1.807) is 30.3 Å². The van der Waals surface area contributed by atoms with Gasteiger partial charge >= 0.3 is 11.6 Å². The molecule has 29 heavy (non-hydrogen) atoms. The highest BCUT2D eigenvalue weighted by Gasteiger charge is 2.17. The number of carbonyl (C=O) groups is 1. The third-order valence-corrected chi connectivity index (χ3v) is 4.33. The third-order valence-electron chi connectivity index (χ3n) is 4.33. The molecule has 148 valence electrons. The minimum Gasteiger partial charge on any atom is -0.422 e. The van der Waals surface area contributed by atoms with Gasteiger partial charge in [-0.1, -0.05) is 37.6 Å². The van der Waals surface area contributed by atoms with Crippen LogP contribution in [-0.4, -0.2) is 10.9 Å². The Kier molecular flexibility index (Phi) is 6.19. The number of unbranched alkanes of at least 4 members (excludes halogenated alkanes) is 1. The zero-order chi connectivity index (χ0) is 20.8. The average Bonchev–Trinajstić information content (AvgIpc) is 2.72. The summed E-state index contributed by atoms with van der Waals surface area (Å²) in [6, 6.07) is 12.7. The summed E-state index contributed by atoms with van der Waals surface area (Å²) >= 11 is 0. The maximum Gasteiger partial charge on any atom is 0.343 e. The fraction of sp³-hybridized carbons (Fsp3) is 0.182. The number of ether oxygens (including phenoxy) is 1. The first kappa shape index (κ1) is 20.0. The SMILES string of the molecule is CCCCc1c(OC(=O)/C=C/c2cccc([N+](=O)[O-])c2)c2ccccc2oc1=O. The molecule has 0 fully saturated rings. The second-order valence-corrected chi connectivity index (χ2v) is 6.40. The molecule has 1 aromatic heterocycles. The van der Waals surface area contributed by atoms with E-state index in [2.05, 4.69) is 0 Å². The largest absolute Gasteiger partial charge is 0.422 e. The first-order chi connectivity index (χ1) is 14.0. The van der Waals surface area contributed by atoms with E-state index >= 15 is 0 Å². The lowest BCUT2D eigenvalue weighted by Gasteiger charge is -2.10. The number of nitrogens with zero attached hydrogens (tertiary/aromatic N) is 1. The van der Waals surface area contributed by atoms with Crippen LogP contribution in [0.15, 0.2) is 63.8 Å². The standard InChI is InChI=1S/C22H19NO6/c1-2-3-9-18-21(17-10-4-5-11-19(17)28-22(18)25)29-20(24)13-12-15-7-6-8-16(14-15)23(26)27/h4-8,10-14H,2-3,9H2,1H3/b13-12+. The van der Waals surface area contributed by atoms with Crippen LogP contribution < -0.4 is 10.4 Å². The molecule has 3 aromatic rings. The first-order valence-electron chi connectivity index (χ1n) is 9.18. The van der Waals surface area contributed by atoms with Crippen LogP contribution in [0.3, 0.4) is 0 Å². The molecule has 0 aliphatic heterocycles.